The molecule has 43 heavy (non-hydrogen) atoms. The molecule has 0 radical (unpaired) electrons. The fraction of sp³-hybridized carbons (Fsp3) is 0.469. The number of benzene rings is 3. The molecule has 234 valence electrons. The van der Waals surface area contributed by atoms with Gasteiger partial charge in [0.05, 0.1) is 57.1 Å². The molecule has 0 aliphatic carbocycles. The van der Waals surface area contributed by atoms with Crippen LogP contribution < -0.4 is 4.74 Å². The lowest BCUT2D eigenvalue weighted by atomic mass is 10.0. The van der Waals surface area contributed by atoms with Gasteiger partial charge < -0.3 is 29.0 Å². The maximum absolute atomic E-state index is 13.0. The van der Waals surface area contributed by atoms with E-state index < -0.39 is 40.6 Å². The van der Waals surface area contributed by atoms with Crippen LogP contribution in [0.15, 0.2) is 65.6 Å². The van der Waals surface area contributed by atoms with Gasteiger partial charge in [0.1, 0.15) is 17.5 Å². The minimum atomic E-state index is -4.03. The molecule has 4 rings (SSSR count). The molecule has 3 aromatic carbocycles. The second-order valence-corrected chi connectivity index (χ2v) is 13.3. The Kier molecular flexibility index (Phi) is 10.7. The molecule has 1 fully saturated rings. The summed E-state index contributed by atoms with van der Waals surface area (Å²) in [5, 5.41) is 12.5. The van der Waals surface area contributed by atoms with Gasteiger partial charge in [-0.2, -0.15) is 8.42 Å². The number of carbonyl (C=O) groups excluding carboxylic acids is 1. The topological polar surface area (TPSA) is 121 Å². The molecule has 3 aromatic rings. The standard InChI is InChI=1S/C32H41NO9S/c1-22-10-12-28(13-11-22)43(36,37)41-21-25(34)20-40-27-16-26(17-33(18-27)31(35)42-32(2,3)4)39-19-23-14-24-8-6-7-9-29(24)30(15-23)38-5/h6-15,25-27,34H,16-21H2,1-5H3/t25-,26?,27?/m0/s1. The third kappa shape index (κ3) is 9.38. The Labute approximate surface area is 253 Å². The number of aliphatic hydroxyl groups excluding tert-OH is 1. The van der Waals surface area contributed by atoms with Gasteiger partial charge in [-0.05, 0) is 62.9 Å². The first-order chi connectivity index (χ1) is 20.3. The number of rotatable bonds is 11. The number of hydrogen-bond donors (Lipinski definition) is 1. The molecule has 1 heterocycles. The molecule has 0 bridgehead atoms. The Balaban J connectivity index is 1.38. The van der Waals surface area contributed by atoms with Gasteiger partial charge in [-0.25, -0.2) is 4.79 Å². The van der Waals surface area contributed by atoms with Gasteiger partial charge in [0, 0.05) is 11.8 Å². The Morgan fingerprint density at radius 3 is 2.35 bits per heavy atom. The van der Waals surface area contributed by atoms with Crippen molar-refractivity contribution in [2.45, 2.75) is 69.5 Å². The number of fused-ring (bicyclic) bond motifs is 1. The molecule has 1 amide bonds. The van der Waals surface area contributed by atoms with E-state index in [2.05, 4.69) is 0 Å². The van der Waals surface area contributed by atoms with Crippen LogP contribution >= 0.6 is 0 Å². The molecule has 11 heteroatoms. The molecule has 2 unspecified atom stereocenters. The smallest absolute Gasteiger partial charge is 0.410 e. The van der Waals surface area contributed by atoms with Gasteiger partial charge in [-0.1, -0.05) is 42.0 Å². The Bertz CT molecular complexity index is 1480. The van der Waals surface area contributed by atoms with E-state index in [9.17, 15) is 18.3 Å². The van der Waals surface area contributed by atoms with E-state index in [4.69, 9.17) is 23.1 Å². The number of methoxy groups -OCH3 is 1. The Morgan fingerprint density at radius 2 is 1.67 bits per heavy atom. The van der Waals surface area contributed by atoms with Crippen molar-refractivity contribution in [2.75, 3.05) is 33.4 Å². The lowest BCUT2D eigenvalue weighted by Crippen LogP contribution is -2.51. The molecule has 1 N–H and O–H groups in total. The van der Waals surface area contributed by atoms with Crippen molar-refractivity contribution in [2.24, 2.45) is 0 Å². The summed E-state index contributed by atoms with van der Waals surface area (Å²) in [4.78, 5) is 14.5. The minimum absolute atomic E-state index is 0.00975. The fourth-order valence-corrected chi connectivity index (χ4v) is 5.70. The van der Waals surface area contributed by atoms with Gasteiger partial charge in [0.25, 0.3) is 10.1 Å². The van der Waals surface area contributed by atoms with Crippen LogP contribution in [0.2, 0.25) is 0 Å². The van der Waals surface area contributed by atoms with Gasteiger partial charge in [-0.15, -0.1) is 0 Å². The zero-order valence-electron chi connectivity index (χ0n) is 25.3. The largest absolute Gasteiger partial charge is 0.496 e. The average Bonchev–Trinajstić information content (AvgIpc) is 2.96. The maximum Gasteiger partial charge on any atom is 0.410 e. The first kappa shape index (κ1) is 32.7. The van der Waals surface area contributed by atoms with Crippen molar-refractivity contribution < 1.29 is 41.4 Å². The number of nitrogens with zero attached hydrogens (tertiary/aromatic N) is 1. The quantitative estimate of drug-likeness (QED) is 0.302. The summed E-state index contributed by atoms with van der Waals surface area (Å²) in [5.74, 6) is 0.748. The van der Waals surface area contributed by atoms with E-state index in [1.165, 1.54) is 17.0 Å². The number of aliphatic hydroxyl groups is 1. The number of hydrogen-bond acceptors (Lipinski definition) is 9. The second-order valence-electron chi connectivity index (χ2n) is 11.7. The zero-order valence-corrected chi connectivity index (χ0v) is 26.1. The van der Waals surface area contributed by atoms with Crippen LogP contribution in [0.1, 0.15) is 38.3 Å². The number of ether oxygens (including phenoxy) is 4. The number of likely N-dealkylation sites (tertiary alicyclic amines) is 1. The van der Waals surface area contributed by atoms with E-state index in [1.54, 1.807) is 40.0 Å². The first-order valence-electron chi connectivity index (χ1n) is 14.2. The summed E-state index contributed by atoms with van der Waals surface area (Å²) in [6, 6.07) is 18.2. The third-order valence-corrected chi connectivity index (χ3v) is 8.16. The predicted molar refractivity (Wildman–Crippen MR) is 162 cm³/mol. The van der Waals surface area contributed by atoms with Crippen molar-refractivity contribution >= 4 is 27.0 Å². The number of carbonyl (C=O) groups is 1. The summed E-state index contributed by atoms with van der Waals surface area (Å²) < 4.78 is 53.4. The summed E-state index contributed by atoms with van der Waals surface area (Å²) in [6.45, 7) is 7.40. The van der Waals surface area contributed by atoms with Crippen LogP contribution in [0, 0.1) is 6.92 Å². The van der Waals surface area contributed by atoms with Crippen LogP contribution in [0.3, 0.4) is 0 Å². The number of piperidine rings is 1. The van der Waals surface area contributed by atoms with Gasteiger partial charge in [-0.3, -0.25) is 4.18 Å². The van der Waals surface area contributed by atoms with Crippen molar-refractivity contribution in [1.29, 1.82) is 0 Å². The highest BCUT2D eigenvalue weighted by molar-refractivity contribution is 7.86. The average molecular weight is 616 g/mol. The first-order valence-corrected chi connectivity index (χ1v) is 15.6. The molecular weight excluding hydrogens is 574 g/mol. The fourth-order valence-electron chi connectivity index (χ4n) is 4.76. The van der Waals surface area contributed by atoms with Crippen molar-refractivity contribution in [3.05, 3.63) is 71.8 Å². The molecular formula is C32H41NO9S. The highest BCUT2D eigenvalue weighted by Gasteiger charge is 2.34. The molecule has 1 aliphatic rings. The van der Waals surface area contributed by atoms with Gasteiger partial charge >= 0.3 is 6.09 Å². The van der Waals surface area contributed by atoms with Gasteiger partial charge in [0.15, 0.2) is 0 Å². The summed E-state index contributed by atoms with van der Waals surface area (Å²) in [5.41, 5.74) is 1.16. The number of amides is 1. The minimum Gasteiger partial charge on any atom is -0.496 e. The van der Waals surface area contributed by atoms with E-state index in [0.717, 1.165) is 27.6 Å². The van der Waals surface area contributed by atoms with Crippen LogP contribution in [0.4, 0.5) is 4.79 Å². The third-order valence-electron chi connectivity index (χ3n) is 6.86. The highest BCUT2D eigenvalue weighted by Crippen LogP contribution is 2.28. The van der Waals surface area contributed by atoms with E-state index in [0.29, 0.717) is 13.0 Å². The maximum atomic E-state index is 13.0. The lowest BCUT2D eigenvalue weighted by molar-refractivity contribution is -0.0960. The van der Waals surface area contributed by atoms with Gasteiger partial charge in [0.2, 0.25) is 0 Å². The summed E-state index contributed by atoms with van der Waals surface area (Å²) >= 11 is 0. The van der Waals surface area contributed by atoms with E-state index in [-0.39, 0.29) is 30.8 Å². The van der Waals surface area contributed by atoms with Crippen LogP contribution in [-0.2, 0) is 35.1 Å². The van der Waals surface area contributed by atoms with Crippen molar-refractivity contribution in [1.82, 2.24) is 4.90 Å². The predicted octanol–water partition coefficient (Wildman–Crippen LogP) is 4.83. The molecule has 1 aliphatic heterocycles. The van der Waals surface area contributed by atoms with E-state index >= 15 is 0 Å². The monoisotopic (exact) mass is 615 g/mol. The zero-order chi connectivity index (χ0) is 31.2. The lowest BCUT2D eigenvalue weighted by Gasteiger charge is -2.38. The van der Waals surface area contributed by atoms with Crippen LogP contribution in [0.5, 0.6) is 5.75 Å². The normalized spacial score (nSPS) is 18.4. The summed E-state index contributed by atoms with van der Waals surface area (Å²) in [7, 11) is -2.40. The molecule has 10 nitrogen and oxygen atoms in total. The molecule has 3 atom stereocenters. The van der Waals surface area contributed by atoms with E-state index in [1.807, 2.05) is 43.3 Å². The van der Waals surface area contributed by atoms with Crippen LogP contribution in [-0.4, -0.2) is 81.8 Å². The Morgan fingerprint density at radius 1 is 1.00 bits per heavy atom. The summed E-state index contributed by atoms with van der Waals surface area (Å²) in [6.07, 6.45) is -2.10. The van der Waals surface area contributed by atoms with Crippen molar-refractivity contribution in [3.63, 3.8) is 0 Å². The molecule has 0 spiro atoms. The second kappa shape index (κ2) is 14.0. The van der Waals surface area contributed by atoms with Crippen LogP contribution in [0.25, 0.3) is 10.8 Å². The molecule has 0 aromatic heterocycles. The number of aryl methyl sites for hydroxylation is 1. The Hall–Kier alpha value is -3.22. The molecule has 0 saturated carbocycles. The molecule has 1 saturated heterocycles. The highest BCUT2D eigenvalue weighted by atomic mass is 32.2. The SMILES string of the molecule is COc1cc(COC2CC(OC[C@H](O)COS(=O)(=O)c3ccc(C)cc3)CN(C(=O)OC(C)(C)C)C2)cc2ccccc12. The van der Waals surface area contributed by atoms with Crippen molar-refractivity contribution in [3.8, 4) is 5.75 Å².